The highest BCUT2D eigenvalue weighted by Gasteiger charge is 2.24. The van der Waals surface area contributed by atoms with Crippen molar-refractivity contribution in [2.24, 2.45) is 0 Å². The van der Waals surface area contributed by atoms with E-state index in [1.807, 2.05) is 6.07 Å². The molecule has 21 heavy (non-hydrogen) atoms. The van der Waals surface area contributed by atoms with Gasteiger partial charge in [0.25, 0.3) is 0 Å². The van der Waals surface area contributed by atoms with Crippen molar-refractivity contribution in [2.75, 3.05) is 49.6 Å². The molecule has 3 rings (SSSR count). The van der Waals surface area contributed by atoms with Crippen LogP contribution in [0.5, 0.6) is 0 Å². The van der Waals surface area contributed by atoms with E-state index in [0.717, 1.165) is 56.9 Å². The molecule has 3 heterocycles. The van der Waals surface area contributed by atoms with E-state index >= 15 is 0 Å². The lowest BCUT2D eigenvalue weighted by Crippen LogP contribution is -2.45. The predicted octanol–water partition coefficient (Wildman–Crippen LogP) is 0.862. The fraction of sp³-hybridized carbons (Fsp3) is 0.714. The lowest BCUT2D eigenvalue weighted by atomic mass is 10.1. The molecule has 2 fully saturated rings. The Hall–Kier alpha value is -1.05. The summed E-state index contributed by atoms with van der Waals surface area (Å²) in [5.41, 5.74) is 0.942. The van der Waals surface area contributed by atoms with Crippen molar-refractivity contribution in [2.45, 2.75) is 24.6 Å². The van der Waals surface area contributed by atoms with E-state index in [1.54, 1.807) is 0 Å². The van der Waals surface area contributed by atoms with E-state index < -0.39 is 0 Å². The largest absolute Gasteiger partial charge is 0.377 e. The molecular formula is C14H23N5OS. The number of hydrogen-bond acceptors (Lipinski definition) is 7. The fourth-order valence-electron chi connectivity index (χ4n) is 2.36. The monoisotopic (exact) mass is 309 g/mol. The first-order valence-corrected chi connectivity index (χ1v) is 7.89. The second-order valence-electron chi connectivity index (χ2n) is 6.11. The number of anilines is 2. The van der Waals surface area contributed by atoms with Gasteiger partial charge in [0, 0.05) is 37.0 Å². The van der Waals surface area contributed by atoms with E-state index in [9.17, 15) is 0 Å². The Kier molecular flexibility index (Phi) is 4.24. The summed E-state index contributed by atoms with van der Waals surface area (Å²) in [7, 11) is 0. The fourth-order valence-corrected chi connectivity index (χ4v) is 2.47. The number of aromatic nitrogens is 2. The zero-order valence-corrected chi connectivity index (χ0v) is 13.5. The summed E-state index contributed by atoms with van der Waals surface area (Å²) < 4.78 is 4.92. The van der Waals surface area contributed by atoms with Gasteiger partial charge in [-0.05, 0) is 13.8 Å². The van der Waals surface area contributed by atoms with Crippen LogP contribution in [0, 0.1) is 0 Å². The predicted molar refractivity (Wildman–Crippen MR) is 87.4 cm³/mol. The van der Waals surface area contributed by atoms with Crippen LogP contribution in [0.15, 0.2) is 6.07 Å². The molecule has 2 saturated heterocycles. The topological polar surface area (TPSA) is 62.3 Å². The summed E-state index contributed by atoms with van der Waals surface area (Å²) in [6.45, 7) is 9.39. The Labute approximate surface area is 131 Å². The zero-order chi connectivity index (χ0) is 14.9. The standard InChI is InChI=1S/C14H23N5OS/c1-14(2,21)11-7-12(16-10-8-20-9-10)18-13(17-11)19-5-3-15-4-6-19/h7,10,15,21H,3-6,8-9H2,1-2H3,(H,16,17,18). The van der Waals surface area contributed by atoms with Crippen LogP contribution in [0.1, 0.15) is 19.5 Å². The third-order valence-corrected chi connectivity index (χ3v) is 3.96. The van der Waals surface area contributed by atoms with Gasteiger partial charge >= 0.3 is 0 Å². The third kappa shape index (κ3) is 3.59. The summed E-state index contributed by atoms with van der Waals surface area (Å²) in [4.78, 5) is 11.6. The number of ether oxygens (including phenoxy) is 1. The maximum atomic E-state index is 5.21. The Balaban J connectivity index is 1.87. The minimum absolute atomic E-state index is 0.293. The molecule has 0 radical (unpaired) electrons. The highest BCUT2D eigenvalue weighted by molar-refractivity contribution is 7.81. The minimum atomic E-state index is -0.293. The van der Waals surface area contributed by atoms with Crippen LogP contribution in [0.4, 0.5) is 11.8 Å². The van der Waals surface area contributed by atoms with Crippen LogP contribution in [-0.2, 0) is 9.48 Å². The van der Waals surface area contributed by atoms with Gasteiger partial charge in [-0.15, -0.1) is 0 Å². The SMILES string of the molecule is CC(C)(S)c1cc(NC2COC2)nc(N2CCNCC2)n1. The van der Waals surface area contributed by atoms with Crippen molar-refractivity contribution < 1.29 is 4.74 Å². The van der Waals surface area contributed by atoms with Crippen molar-refractivity contribution in [3.05, 3.63) is 11.8 Å². The van der Waals surface area contributed by atoms with E-state index in [-0.39, 0.29) is 4.75 Å². The normalized spacial score (nSPS) is 20.2. The molecule has 0 amide bonds. The van der Waals surface area contributed by atoms with Crippen LogP contribution in [0.3, 0.4) is 0 Å². The number of nitrogens with one attached hydrogen (secondary N) is 2. The molecule has 1 aromatic heterocycles. The smallest absolute Gasteiger partial charge is 0.227 e. The lowest BCUT2D eigenvalue weighted by molar-refractivity contribution is 0.0209. The minimum Gasteiger partial charge on any atom is -0.377 e. The Morgan fingerprint density at radius 1 is 1.33 bits per heavy atom. The highest BCUT2D eigenvalue weighted by Crippen LogP contribution is 2.29. The summed E-state index contributed by atoms with van der Waals surface area (Å²) >= 11 is 4.66. The van der Waals surface area contributed by atoms with Crippen LogP contribution in [-0.4, -0.2) is 55.4 Å². The molecule has 2 N–H and O–H groups in total. The van der Waals surface area contributed by atoms with Crippen molar-refractivity contribution in [1.82, 2.24) is 15.3 Å². The number of nitrogens with zero attached hydrogens (tertiary/aromatic N) is 3. The average Bonchev–Trinajstić information content (AvgIpc) is 2.43. The second kappa shape index (κ2) is 5.98. The molecule has 0 atom stereocenters. The molecule has 2 aliphatic rings. The Bertz CT molecular complexity index is 495. The summed E-state index contributed by atoms with van der Waals surface area (Å²) in [6, 6.07) is 2.35. The van der Waals surface area contributed by atoms with Gasteiger partial charge in [0.2, 0.25) is 5.95 Å². The molecule has 0 aromatic carbocycles. The van der Waals surface area contributed by atoms with Gasteiger partial charge in [-0.1, -0.05) is 0 Å². The van der Waals surface area contributed by atoms with E-state index in [2.05, 4.69) is 47.0 Å². The molecule has 0 spiro atoms. The Morgan fingerprint density at radius 2 is 2.05 bits per heavy atom. The number of piperazine rings is 1. The number of rotatable bonds is 4. The Morgan fingerprint density at radius 3 is 2.62 bits per heavy atom. The molecule has 0 unspecified atom stereocenters. The second-order valence-corrected chi connectivity index (χ2v) is 7.23. The van der Waals surface area contributed by atoms with Crippen molar-refractivity contribution in [3.63, 3.8) is 0 Å². The van der Waals surface area contributed by atoms with Crippen molar-refractivity contribution >= 4 is 24.4 Å². The summed E-state index contributed by atoms with van der Waals surface area (Å²) in [5.74, 6) is 1.66. The molecule has 0 aliphatic carbocycles. The molecular weight excluding hydrogens is 286 g/mol. The van der Waals surface area contributed by atoms with Crippen molar-refractivity contribution in [1.29, 1.82) is 0 Å². The average molecular weight is 309 g/mol. The summed E-state index contributed by atoms with van der Waals surface area (Å²) in [5, 5.41) is 6.77. The molecule has 0 saturated carbocycles. The van der Waals surface area contributed by atoms with Gasteiger partial charge in [0.1, 0.15) is 5.82 Å². The molecule has 1 aromatic rings. The summed E-state index contributed by atoms with van der Waals surface area (Å²) in [6.07, 6.45) is 0. The van der Waals surface area contributed by atoms with Gasteiger partial charge < -0.3 is 20.3 Å². The lowest BCUT2D eigenvalue weighted by Gasteiger charge is -2.31. The van der Waals surface area contributed by atoms with Crippen molar-refractivity contribution in [3.8, 4) is 0 Å². The van der Waals surface area contributed by atoms with Crippen LogP contribution in [0.25, 0.3) is 0 Å². The third-order valence-electron chi connectivity index (χ3n) is 3.73. The molecule has 0 bridgehead atoms. The maximum absolute atomic E-state index is 5.21. The maximum Gasteiger partial charge on any atom is 0.227 e. The molecule has 2 aliphatic heterocycles. The van der Waals surface area contributed by atoms with Crippen LogP contribution >= 0.6 is 12.6 Å². The van der Waals surface area contributed by atoms with Crippen LogP contribution < -0.4 is 15.5 Å². The zero-order valence-electron chi connectivity index (χ0n) is 12.6. The first kappa shape index (κ1) is 14.9. The van der Waals surface area contributed by atoms with Gasteiger partial charge in [0.15, 0.2) is 0 Å². The number of thiol groups is 1. The van der Waals surface area contributed by atoms with Crippen LogP contribution in [0.2, 0.25) is 0 Å². The van der Waals surface area contributed by atoms with E-state index in [0.29, 0.717) is 6.04 Å². The van der Waals surface area contributed by atoms with E-state index in [1.165, 1.54) is 0 Å². The number of hydrogen-bond donors (Lipinski definition) is 3. The first-order chi connectivity index (χ1) is 10.0. The quantitative estimate of drug-likeness (QED) is 0.717. The highest BCUT2D eigenvalue weighted by atomic mass is 32.1. The van der Waals surface area contributed by atoms with Gasteiger partial charge in [-0.3, -0.25) is 0 Å². The molecule has 6 nitrogen and oxygen atoms in total. The molecule has 7 heteroatoms. The molecule has 116 valence electrons. The van der Waals surface area contributed by atoms with Gasteiger partial charge in [-0.25, -0.2) is 4.98 Å². The van der Waals surface area contributed by atoms with Gasteiger partial charge in [-0.2, -0.15) is 17.6 Å². The first-order valence-electron chi connectivity index (χ1n) is 7.44. The van der Waals surface area contributed by atoms with E-state index in [4.69, 9.17) is 9.72 Å². The van der Waals surface area contributed by atoms with Gasteiger partial charge in [0.05, 0.1) is 24.9 Å².